The number of alkyl halides is 3. The number of likely N-dealkylation sites (tertiary alicyclic amines) is 1. The Morgan fingerprint density at radius 1 is 1.40 bits per heavy atom. The molecule has 2 unspecified atom stereocenters. The van der Waals surface area contributed by atoms with Gasteiger partial charge in [0, 0.05) is 19.1 Å². The van der Waals surface area contributed by atoms with Gasteiger partial charge in [0.15, 0.2) is 0 Å². The van der Waals surface area contributed by atoms with Gasteiger partial charge in [-0.25, -0.2) is 4.39 Å². The third-order valence-corrected chi connectivity index (χ3v) is 3.80. The lowest BCUT2D eigenvalue weighted by Gasteiger charge is -2.29. The summed E-state index contributed by atoms with van der Waals surface area (Å²) < 4.78 is 52.3. The molecule has 1 aliphatic heterocycles. The fourth-order valence-corrected chi connectivity index (χ4v) is 2.79. The van der Waals surface area contributed by atoms with Gasteiger partial charge in [-0.15, -0.1) is 0 Å². The second kappa shape index (κ2) is 5.69. The zero-order chi connectivity index (χ0) is 14.9. The normalized spacial score (nSPS) is 22.2. The number of nitrogens with zero attached hydrogens (tertiary/aromatic N) is 1. The average molecular weight is 290 g/mol. The molecule has 0 spiro atoms. The summed E-state index contributed by atoms with van der Waals surface area (Å²) in [7, 11) is 0. The van der Waals surface area contributed by atoms with Crippen molar-refractivity contribution in [2.75, 3.05) is 19.6 Å². The van der Waals surface area contributed by atoms with Gasteiger partial charge in [0.05, 0.1) is 5.56 Å². The molecule has 1 aromatic carbocycles. The summed E-state index contributed by atoms with van der Waals surface area (Å²) in [4.78, 5) is 1.95. The van der Waals surface area contributed by atoms with E-state index >= 15 is 0 Å². The van der Waals surface area contributed by atoms with Crippen LogP contribution in [0.15, 0.2) is 18.2 Å². The van der Waals surface area contributed by atoms with Crippen molar-refractivity contribution in [3.05, 3.63) is 35.1 Å². The van der Waals surface area contributed by atoms with Crippen LogP contribution in [0.2, 0.25) is 0 Å². The standard InChI is InChI=1S/C14H18F4N2/c1-9-4-5-20(8-9)13(7-19)11-3-2-10(15)6-12(11)14(16,17)18/h2-3,6,9,13H,4-5,7-8,19H2,1H3. The van der Waals surface area contributed by atoms with E-state index in [-0.39, 0.29) is 12.1 Å². The van der Waals surface area contributed by atoms with Crippen LogP contribution < -0.4 is 5.73 Å². The van der Waals surface area contributed by atoms with E-state index in [4.69, 9.17) is 5.73 Å². The second-order valence-electron chi connectivity index (χ2n) is 5.37. The Morgan fingerprint density at radius 2 is 2.10 bits per heavy atom. The van der Waals surface area contributed by atoms with Crippen LogP contribution >= 0.6 is 0 Å². The van der Waals surface area contributed by atoms with Gasteiger partial charge in [0.2, 0.25) is 0 Å². The van der Waals surface area contributed by atoms with Gasteiger partial charge in [-0.3, -0.25) is 4.90 Å². The highest BCUT2D eigenvalue weighted by molar-refractivity contribution is 5.33. The lowest BCUT2D eigenvalue weighted by Crippen LogP contribution is -2.33. The first-order chi connectivity index (χ1) is 9.32. The maximum absolute atomic E-state index is 13.1. The van der Waals surface area contributed by atoms with E-state index in [2.05, 4.69) is 6.92 Å². The third kappa shape index (κ3) is 3.12. The van der Waals surface area contributed by atoms with Crippen molar-refractivity contribution in [2.45, 2.75) is 25.6 Å². The molecular weight excluding hydrogens is 272 g/mol. The maximum atomic E-state index is 13.1. The molecule has 1 saturated heterocycles. The molecule has 2 N–H and O–H groups in total. The molecule has 6 heteroatoms. The summed E-state index contributed by atoms with van der Waals surface area (Å²) in [6.07, 6.45) is -3.63. The van der Waals surface area contributed by atoms with Gasteiger partial charge in [0.25, 0.3) is 0 Å². The van der Waals surface area contributed by atoms with E-state index in [0.717, 1.165) is 25.6 Å². The Kier molecular flexibility index (Phi) is 4.34. The van der Waals surface area contributed by atoms with Crippen LogP contribution in [-0.4, -0.2) is 24.5 Å². The quantitative estimate of drug-likeness (QED) is 0.866. The molecule has 2 atom stereocenters. The molecule has 2 nitrogen and oxygen atoms in total. The highest BCUT2D eigenvalue weighted by Crippen LogP contribution is 2.37. The number of hydrogen-bond donors (Lipinski definition) is 1. The largest absolute Gasteiger partial charge is 0.416 e. The van der Waals surface area contributed by atoms with E-state index in [9.17, 15) is 17.6 Å². The minimum absolute atomic E-state index is 0.0653. The van der Waals surface area contributed by atoms with Crippen LogP contribution in [0.3, 0.4) is 0 Å². The van der Waals surface area contributed by atoms with E-state index in [1.54, 1.807) is 0 Å². The molecule has 1 heterocycles. The SMILES string of the molecule is CC1CCN(C(CN)c2ccc(F)cc2C(F)(F)F)C1. The lowest BCUT2D eigenvalue weighted by molar-refractivity contribution is -0.138. The Morgan fingerprint density at radius 3 is 2.60 bits per heavy atom. The van der Waals surface area contributed by atoms with E-state index in [1.165, 1.54) is 6.07 Å². The Hall–Kier alpha value is -1.14. The van der Waals surface area contributed by atoms with Gasteiger partial charge in [-0.2, -0.15) is 13.2 Å². The molecule has 20 heavy (non-hydrogen) atoms. The Bertz CT molecular complexity index is 473. The molecule has 1 aromatic rings. The lowest BCUT2D eigenvalue weighted by atomic mass is 9.98. The van der Waals surface area contributed by atoms with Crippen LogP contribution in [-0.2, 0) is 6.18 Å². The molecule has 0 aromatic heterocycles. The van der Waals surface area contributed by atoms with Gasteiger partial charge < -0.3 is 5.73 Å². The first-order valence-electron chi connectivity index (χ1n) is 6.63. The van der Waals surface area contributed by atoms with Crippen molar-refractivity contribution < 1.29 is 17.6 Å². The fourth-order valence-electron chi connectivity index (χ4n) is 2.79. The molecule has 112 valence electrons. The molecule has 1 fully saturated rings. The van der Waals surface area contributed by atoms with Gasteiger partial charge in [-0.1, -0.05) is 13.0 Å². The molecule has 0 bridgehead atoms. The molecule has 2 rings (SSSR count). The zero-order valence-electron chi connectivity index (χ0n) is 11.3. The highest BCUT2D eigenvalue weighted by atomic mass is 19.4. The average Bonchev–Trinajstić information content (AvgIpc) is 2.77. The van der Waals surface area contributed by atoms with Crippen molar-refractivity contribution in [1.29, 1.82) is 0 Å². The fraction of sp³-hybridized carbons (Fsp3) is 0.571. The van der Waals surface area contributed by atoms with Crippen molar-refractivity contribution in [1.82, 2.24) is 4.90 Å². The third-order valence-electron chi connectivity index (χ3n) is 3.80. The monoisotopic (exact) mass is 290 g/mol. The van der Waals surface area contributed by atoms with Gasteiger partial charge in [-0.05, 0) is 36.6 Å². The summed E-state index contributed by atoms with van der Waals surface area (Å²) in [5.41, 5.74) is 4.82. The molecule has 0 amide bonds. The van der Waals surface area contributed by atoms with Crippen LogP contribution in [0.1, 0.15) is 30.5 Å². The molecule has 0 radical (unpaired) electrons. The maximum Gasteiger partial charge on any atom is 0.416 e. The van der Waals surface area contributed by atoms with Gasteiger partial charge in [0.1, 0.15) is 5.82 Å². The number of benzene rings is 1. The van der Waals surface area contributed by atoms with Crippen molar-refractivity contribution in [2.24, 2.45) is 11.7 Å². The summed E-state index contributed by atoms with van der Waals surface area (Å²) >= 11 is 0. The molecular formula is C14H18F4N2. The number of nitrogens with two attached hydrogens (primary N) is 1. The summed E-state index contributed by atoms with van der Waals surface area (Å²) in [5.74, 6) is -0.439. The smallest absolute Gasteiger partial charge is 0.329 e. The van der Waals surface area contributed by atoms with Crippen LogP contribution in [0, 0.1) is 11.7 Å². The molecule has 1 aliphatic rings. The predicted molar refractivity (Wildman–Crippen MR) is 68.6 cm³/mol. The van der Waals surface area contributed by atoms with E-state index in [0.29, 0.717) is 12.0 Å². The van der Waals surface area contributed by atoms with Crippen molar-refractivity contribution in [3.63, 3.8) is 0 Å². The highest BCUT2D eigenvalue weighted by Gasteiger charge is 2.37. The summed E-state index contributed by atoms with van der Waals surface area (Å²) in [6, 6.07) is 2.31. The van der Waals surface area contributed by atoms with Crippen LogP contribution in [0.5, 0.6) is 0 Å². The minimum atomic E-state index is -4.57. The van der Waals surface area contributed by atoms with Crippen molar-refractivity contribution >= 4 is 0 Å². The summed E-state index contributed by atoms with van der Waals surface area (Å²) in [6.45, 7) is 3.58. The predicted octanol–water partition coefficient (Wildman–Crippen LogP) is 3.19. The second-order valence-corrected chi connectivity index (χ2v) is 5.37. The molecule has 0 aliphatic carbocycles. The topological polar surface area (TPSA) is 29.3 Å². The minimum Gasteiger partial charge on any atom is -0.329 e. The van der Waals surface area contributed by atoms with E-state index < -0.39 is 23.6 Å². The van der Waals surface area contributed by atoms with Gasteiger partial charge >= 0.3 is 6.18 Å². The first-order valence-corrected chi connectivity index (χ1v) is 6.63. The number of halogens is 4. The Balaban J connectivity index is 2.39. The zero-order valence-corrected chi connectivity index (χ0v) is 11.3. The first kappa shape index (κ1) is 15.3. The molecule has 0 saturated carbocycles. The number of hydrogen-bond acceptors (Lipinski definition) is 2. The van der Waals surface area contributed by atoms with Crippen molar-refractivity contribution in [3.8, 4) is 0 Å². The van der Waals surface area contributed by atoms with E-state index in [1.807, 2.05) is 4.90 Å². The van der Waals surface area contributed by atoms with Crippen LogP contribution in [0.25, 0.3) is 0 Å². The summed E-state index contributed by atoms with van der Waals surface area (Å²) in [5, 5.41) is 0. The van der Waals surface area contributed by atoms with Crippen LogP contribution in [0.4, 0.5) is 17.6 Å². The number of rotatable bonds is 3. The Labute approximate surface area is 115 Å².